The average molecular weight is 354 g/mol. The predicted molar refractivity (Wildman–Crippen MR) is 102 cm³/mol. The van der Waals surface area contributed by atoms with Crippen LogP contribution in [-0.2, 0) is 0 Å². The van der Waals surface area contributed by atoms with Crippen molar-refractivity contribution in [3.8, 4) is 0 Å². The zero-order valence-corrected chi connectivity index (χ0v) is 14.6. The van der Waals surface area contributed by atoms with E-state index in [1.54, 1.807) is 12.1 Å². The van der Waals surface area contributed by atoms with Gasteiger partial charge in [-0.3, -0.25) is 4.79 Å². The summed E-state index contributed by atoms with van der Waals surface area (Å²) in [5, 5.41) is 2.98. The second kappa shape index (κ2) is 6.86. The number of para-hydroxylation sites is 1. The number of nitrogens with two attached hydrogens (primary N) is 1. The maximum absolute atomic E-state index is 14.0. The number of nitrogen functional groups attached to an aromatic ring is 1. The van der Waals surface area contributed by atoms with Crippen LogP contribution in [0.15, 0.2) is 42.5 Å². The number of hydrogen-bond donors (Lipinski definition) is 2. The number of carbonyl (C=O) groups is 1. The molecule has 1 saturated heterocycles. The molecule has 2 fully saturated rings. The number of benzene rings is 2. The van der Waals surface area contributed by atoms with Gasteiger partial charge in [-0.25, -0.2) is 4.39 Å². The second-order valence-electron chi connectivity index (χ2n) is 6.95. The molecule has 1 amide bonds. The zero-order valence-electron chi connectivity index (χ0n) is 14.6. The molecule has 1 aliphatic heterocycles. The molecule has 6 heteroatoms. The molecule has 26 heavy (non-hydrogen) atoms. The van der Waals surface area contributed by atoms with Gasteiger partial charge in [0.2, 0.25) is 0 Å². The Morgan fingerprint density at radius 1 is 1.00 bits per heavy atom. The molecule has 2 aromatic rings. The van der Waals surface area contributed by atoms with E-state index in [1.807, 2.05) is 24.3 Å². The molecule has 1 saturated carbocycles. The molecule has 5 nitrogen and oxygen atoms in total. The Morgan fingerprint density at radius 3 is 2.27 bits per heavy atom. The fourth-order valence-electron chi connectivity index (χ4n) is 3.38. The van der Waals surface area contributed by atoms with Crippen molar-refractivity contribution in [3.05, 3.63) is 53.8 Å². The first-order chi connectivity index (χ1) is 12.6. The number of rotatable bonds is 4. The minimum absolute atomic E-state index is 0.0601. The van der Waals surface area contributed by atoms with Gasteiger partial charge in [-0.15, -0.1) is 0 Å². The van der Waals surface area contributed by atoms with Crippen LogP contribution in [0.3, 0.4) is 0 Å². The number of amides is 1. The Kier molecular flexibility index (Phi) is 4.41. The Morgan fingerprint density at radius 2 is 1.65 bits per heavy atom. The Labute approximate surface area is 152 Å². The zero-order chi connectivity index (χ0) is 18.1. The van der Waals surface area contributed by atoms with Gasteiger partial charge in [0.05, 0.1) is 17.1 Å². The van der Waals surface area contributed by atoms with E-state index in [2.05, 4.69) is 15.1 Å². The first-order valence-electron chi connectivity index (χ1n) is 9.06. The molecule has 2 aliphatic rings. The topological polar surface area (TPSA) is 61.6 Å². The molecule has 0 radical (unpaired) electrons. The summed E-state index contributed by atoms with van der Waals surface area (Å²) in [6.07, 6.45) is 2.12. The van der Waals surface area contributed by atoms with E-state index >= 15 is 0 Å². The van der Waals surface area contributed by atoms with Gasteiger partial charge in [0, 0.05) is 37.8 Å². The third kappa shape index (κ3) is 3.45. The van der Waals surface area contributed by atoms with Crippen LogP contribution in [0.2, 0.25) is 0 Å². The standard InChI is InChI=1S/C20H23FN4O/c21-16-3-1-2-4-18(16)24-9-11-25(12-10-24)19-8-5-14(13-17(19)22)20(26)23-15-6-7-15/h1-5,8,13,15H,6-7,9-12,22H2,(H,23,26). The number of nitrogens with one attached hydrogen (secondary N) is 1. The number of hydrogen-bond acceptors (Lipinski definition) is 4. The quantitative estimate of drug-likeness (QED) is 0.829. The highest BCUT2D eigenvalue weighted by Crippen LogP contribution is 2.28. The van der Waals surface area contributed by atoms with Crippen LogP contribution in [0.25, 0.3) is 0 Å². The minimum atomic E-state index is -0.188. The number of carbonyl (C=O) groups excluding carboxylic acids is 1. The van der Waals surface area contributed by atoms with Crippen molar-refractivity contribution < 1.29 is 9.18 Å². The van der Waals surface area contributed by atoms with Gasteiger partial charge >= 0.3 is 0 Å². The second-order valence-corrected chi connectivity index (χ2v) is 6.95. The first-order valence-corrected chi connectivity index (χ1v) is 9.06. The van der Waals surface area contributed by atoms with Crippen molar-refractivity contribution in [1.82, 2.24) is 5.32 Å². The molecule has 0 aromatic heterocycles. The largest absolute Gasteiger partial charge is 0.397 e. The fourth-order valence-corrected chi connectivity index (χ4v) is 3.38. The molecule has 0 spiro atoms. The minimum Gasteiger partial charge on any atom is -0.397 e. The van der Waals surface area contributed by atoms with Gasteiger partial charge in [-0.1, -0.05) is 12.1 Å². The van der Waals surface area contributed by atoms with Gasteiger partial charge in [-0.05, 0) is 43.2 Å². The maximum atomic E-state index is 14.0. The fraction of sp³-hybridized carbons (Fsp3) is 0.350. The molecule has 0 bridgehead atoms. The van der Waals surface area contributed by atoms with Gasteiger partial charge in [0.1, 0.15) is 5.82 Å². The van der Waals surface area contributed by atoms with Crippen LogP contribution in [0, 0.1) is 5.82 Å². The van der Waals surface area contributed by atoms with E-state index in [4.69, 9.17) is 5.73 Å². The van der Waals surface area contributed by atoms with E-state index in [9.17, 15) is 9.18 Å². The van der Waals surface area contributed by atoms with Crippen LogP contribution in [0.5, 0.6) is 0 Å². The summed E-state index contributed by atoms with van der Waals surface area (Å²) in [4.78, 5) is 16.4. The molecule has 0 unspecified atom stereocenters. The molecule has 2 aromatic carbocycles. The van der Waals surface area contributed by atoms with Crippen LogP contribution < -0.4 is 20.9 Å². The molecular weight excluding hydrogens is 331 g/mol. The Balaban J connectivity index is 1.42. The summed E-state index contributed by atoms with van der Waals surface area (Å²) in [5.74, 6) is -0.249. The van der Waals surface area contributed by atoms with Crippen LogP contribution in [0.4, 0.5) is 21.5 Å². The Bertz CT molecular complexity index is 813. The van der Waals surface area contributed by atoms with E-state index in [0.29, 0.717) is 23.0 Å². The highest BCUT2D eigenvalue weighted by Gasteiger charge is 2.25. The molecule has 0 atom stereocenters. The van der Waals surface area contributed by atoms with Gasteiger partial charge in [0.25, 0.3) is 5.91 Å². The normalized spacial score (nSPS) is 17.3. The highest BCUT2D eigenvalue weighted by atomic mass is 19.1. The molecule has 1 heterocycles. The number of anilines is 3. The van der Waals surface area contributed by atoms with Crippen molar-refractivity contribution in [2.75, 3.05) is 41.7 Å². The summed E-state index contributed by atoms with van der Waals surface area (Å²) in [6, 6.07) is 12.7. The average Bonchev–Trinajstić information content (AvgIpc) is 3.46. The lowest BCUT2D eigenvalue weighted by molar-refractivity contribution is 0.0951. The first kappa shape index (κ1) is 16.7. The monoisotopic (exact) mass is 354 g/mol. The molecule has 1 aliphatic carbocycles. The lowest BCUT2D eigenvalue weighted by Crippen LogP contribution is -2.47. The van der Waals surface area contributed by atoms with E-state index in [1.165, 1.54) is 6.07 Å². The summed E-state index contributed by atoms with van der Waals surface area (Å²) in [6.45, 7) is 2.97. The van der Waals surface area contributed by atoms with Crippen molar-refractivity contribution >= 4 is 23.0 Å². The van der Waals surface area contributed by atoms with Crippen molar-refractivity contribution in [2.24, 2.45) is 0 Å². The molecule has 3 N–H and O–H groups in total. The summed E-state index contributed by atoms with van der Waals surface area (Å²) >= 11 is 0. The molecule has 136 valence electrons. The number of piperazine rings is 1. The van der Waals surface area contributed by atoms with Gasteiger partial charge in [0.15, 0.2) is 0 Å². The smallest absolute Gasteiger partial charge is 0.251 e. The lowest BCUT2D eigenvalue weighted by Gasteiger charge is -2.38. The van der Waals surface area contributed by atoms with Crippen LogP contribution in [0.1, 0.15) is 23.2 Å². The predicted octanol–water partition coefficient (Wildman–Crippen LogP) is 2.63. The highest BCUT2D eigenvalue weighted by molar-refractivity contribution is 5.96. The van der Waals surface area contributed by atoms with E-state index in [-0.39, 0.29) is 11.7 Å². The third-order valence-electron chi connectivity index (χ3n) is 5.02. The molecule has 4 rings (SSSR count). The third-order valence-corrected chi connectivity index (χ3v) is 5.02. The summed E-state index contributed by atoms with van der Waals surface area (Å²) < 4.78 is 14.0. The van der Waals surface area contributed by atoms with Gasteiger partial charge < -0.3 is 20.9 Å². The number of nitrogens with zero attached hydrogens (tertiary/aromatic N) is 2. The summed E-state index contributed by atoms with van der Waals surface area (Å²) in [5.41, 5.74) is 8.99. The summed E-state index contributed by atoms with van der Waals surface area (Å²) in [7, 11) is 0. The van der Waals surface area contributed by atoms with Crippen molar-refractivity contribution in [1.29, 1.82) is 0 Å². The van der Waals surface area contributed by atoms with E-state index in [0.717, 1.165) is 44.7 Å². The number of halogens is 1. The van der Waals surface area contributed by atoms with Crippen LogP contribution >= 0.6 is 0 Å². The lowest BCUT2D eigenvalue weighted by atomic mass is 10.1. The molecular formula is C20H23FN4O. The van der Waals surface area contributed by atoms with Crippen molar-refractivity contribution in [3.63, 3.8) is 0 Å². The van der Waals surface area contributed by atoms with Crippen LogP contribution in [-0.4, -0.2) is 38.1 Å². The van der Waals surface area contributed by atoms with Crippen molar-refractivity contribution in [2.45, 2.75) is 18.9 Å². The maximum Gasteiger partial charge on any atom is 0.251 e. The Hall–Kier alpha value is -2.76. The van der Waals surface area contributed by atoms with Gasteiger partial charge in [-0.2, -0.15) is 0 Å². The van der Waals surface area contributed by atoms with E-state index < -0.39 is 0 Å². The SMILES string of the molecule is Nc1cc(C(=O)NC2CC2)ccc1N1CCN(c2ccccc2F)CC1.